The highest BCUT2D eigenvalue weighted by Gasteiger charge is 2.38. The molecule has 4 amide bonds. The van der Waals surface area contributed by atoms with Gasteiger partial charge in [0.15, 0.2) is 0 Å². The van der Waals surface area contributed by atoms with Gasteiger partial charge in [0.25, 0.3) is 11.8 Å². The first-order valence-electron chi connectivity index (χ1n) is 20.9. The van der Waals surface area contributed by atoms with Crippen molar-refractivity contribution in [1.29, 1.82) is 0 Å². The molecule has 326 valence electrons. The number of fused-ring (bicyclic) bond motifs is 1. The Morgan fingerprint density at radius 3 is 1.91 bits per heavy atom. The van der Waals surface area contributed by atoms with Crippen molar-refractivity contribution in [2.24, 2.45) is 0 Å². The molecular weight excluding hydrogens is 838 g/mol. The molecule has 2 aliphatic rings. The average molecular weight is 882 g/mol. The minimum absolute atomic E-state index is 0.231. The van der Waals surface area contributed by atoms with Crippen LogP contribution in [0.15, 0.2) is 108 Å². The summed E-state index contributed by atoms with van der Waals surface area (Å²) in [5.41, 5.74) is 5.63. The number of imidazole rings is 2. The molecule has 0 saturated carbocycles. The molecule has 2 aliphatic heterocycles. The molecule has 9 rings (SSSR count). The summed E-state index contributed by atoms with van der Waals surface area (Å²) in [6.07, 6.45) is 4.91. The van der Waals surface area contributed by atoms with Crippen molar-refractivity contribution in [2.75, 3.05) is 27.3 Å². The lowest BCUT2D eigenvalue weighted by Gasteiger charge is -2.28. The quantitative estimate of drug-likeness (QED) is 0.0990. The first-order valence-corrected chi connectivity index (χ1v) is 21.8. The number of methoxy groups -OCH3 is 2. The van der Waals surface area contributed by atoms with Gasteiger partial charge in [0, 0.05) is 35.2 Å². The van der Waals surface area contributed by atoms with Crippen LogP contribution in [-0.4, -0.2) is 86.0 Å². The highest BCUT2D eigenvalue weighted by molar-refractivity contribution is 7.08. The number of aromatic nitrogens is 5. The maximum Gasteiger partial charge on any atom is 0.407 e. The van der Waals surface area contributed by atoms with E-state index < -0.39 is 30.1 Å². The number of aromatic amines is 2. The molecule has 0 bridgehead atoms. The predicted octanol–water partition coefficient (Wildman–Crippen LogP) is 8.40. The van der Waals surface area contributed by atoms with E-state index in [0.29, 0.717) is 76.7 Å². The zero-order chi connectivity index (χ0) is 44.3. The number of ether oxygens (including phenoxy) is 2. The molecule has 17 heteroatoms. The molecule has 0 spiro atoms. The number of hydrogen-bond acceptors (Lipinski definition) is 10. The van der Waals surface area contributed by atoms with Crippen LogP contribution in [0.3, 0.4) is 0 Å². The molecule has 4 aromatic heterocycles. The lowest BCUT2D eigenvalue weighted by atomic mass is 10.0. The van der Waals surface area contributed by atoms with Gasteiger partial charge >= 0.3 is 12.2 Å². The molecule has 4 unspecified atom stereocenters. The number of alkyl carbamates (subject to hydrolysis) is 2. The third-order valence-electron chi connectivity index (χ3n) is 11.8. The van der Waals surface area contributed by atoms with Crippen molar-refractivity contribution in [1.82, 2.24) is 45.4 Å². The number of carbonyl (C=O) groups is 4. The lowest BCUT2D eigenvalue weighted by molar-refractivity contribution is -0.135. The SMILES string of the molecule is COC(=O)NC(C(=O)N1CCCC1c1ncc(-c2ccc(-c3ccc4cc(-c5cnc(C6CCCN6C(=O)C(NC(=O)OC)c6ccsc6)[nH]5)ccc4n3)c(F)c2)[nH]1)c1ccccc1. The fraction of sp³-hybridized carbons (Fsp3) is 0.255. The van der Waals surface area contributed by atoms with E-state index in [1.54, 1.807) is 64.7 Å². The Labute approximate surface area is 371 Å². The molecule has 0 aliphatic carbocycles. The largest absolute Gasteiger partial charge is 0.453 e. The van der Waals surface area contributed by atoms with E-state index in [1.165, 1.54) is 31.6 Å². The Morgan fingerprint density at radius 1 is 0.734 bits per heavy atom. The third-order valence-corrected chi connectivity index (χ3v) is 12.6. The molecule has 2 saturated heterocycles. The van der Waals surface area contributed by atoms with Crippen LogP contribution in [0.1, 0.15) is 72.6 Å². The van der Waals surface area contributed by atoms with Crippen molar-refractivity contribution in [3.8, 4) is 33.8 Å². The van der Waals surface area contributed by atoms with Gasteiger partial charge in [-0.25, -0.2) is 28.9 Å². The number of nitrogens with zero attached hydrogens (tertiary/aromatic N) is 5. The molecular formula is C47H44FN9O6S. The molecule has 0 radical (unpaired) electrons. The fourth-order valence-electron chi connectivity index (χ4n) is 8.61. The van der Waals surface area contributed by atoms with Gasteiger partial charge in [-0.15, -0.1) is 0 Å². The van der Waals surface area contributed by atoms with Crippen LogP contribution in [0.2, 0.25) is 0 Å². The molecule has 15 nitrogen and oxygen atoms in total. The predicted molar refractivity (Wildman–Crippen MR) is 237 cm³/mol. The van der Waals surface area contributed by atoms with Gasteiger partial charge < -0.3 is 39.9 Å². The fourth-order valence-corrected chi connectivity index (χ4v) is 9.30. The summed E-state index contributed by atoms with van der Waals surface area (Å²) in [4.78, 5) is 76.5. The standard InChI is InChI=1S/C47H44FN9O6S/c1-62-46(60)54-40(27-8-4-3-5-9-27)44(58)56-19-6-10-38(56)43-50-25-37(53-43)30-12-15-32(33(48)23-30)35-17-14-28-22-29(13-16-34(28)51-35)36-24-49-42(52-36)39-11-7-20-57(39)45(59)41(55-47(61)63-2)31-18-21-64-26-31/h3-5,8-9,12-18,21-26,38-41H,6-7,10-11,19-20H2,1-2H3,(H,49,52)(H,50,53)(H,54,60)(H,55,61). The highest BCUT2D eigenvalue weighted by atomic mass is 32.1. The second-order valence-corrected chi connectivity index (χ2v) is 16.4. The monoisotopic (exact) mass is 881 g/mol. The number of halogens is 1. The first-order chi connectivity index (χ1) is 31.2. The van der Waals surface area contributed by atoms with Crippen LogP contribution >= 0.6 is 11.3 Å². The Morgan fingerprint density at radius 2 is 1.33 bits per heavy atom. The normalized spacial score (nSPS) is 17.0. The summed E-state index contributed by atoms with van der Waals surface area (Å²) in [6, 6.07) is 22.8. The number of rotatable bonds is 11. The van der Waals surface area contributed by atoms with Crippen molar-refractivity contribution in [2.45, 2.75) is 49.9 Å². The maximum atomic E-state index is 15.9. The van der Waals surface area contributed by atoms with Crippen LogP contribution in [0.4, 0.5) is 14.0 Å². The Bertz CT molecular complexity index is 2830. The number of H-pyrrole nitrogens is 2. The minimum Gasteiger partial charge on any atom is -0.453 e. The first kappa shape index (κ1) is 41.9. The number of pyridine rings is 1. The van der Waals surface area contributed by atoms with Gasteiger partial charge in [0.2, 0.25) is 0 Å². The van der Waals surface area contributed by atoms with Crippen LogP contribution in [0, 0.1) is 5.82 Å². The van der Waals surface area contributed by atoms with E-state index in [0.717, 1.165) is 29.5 Å². The van der Waals surface area contributed by atoms with Crippen LogP contribution in [0.25, 0.3) is 44.7 Å². The van der Waals surface area contributed by atoms with Gasteiger partial charge in [0.05, 0.1) is 61.3 Å². The van der Waals surface area contributed by atoms with E-state index in [4.69, 9.17) is 14.5 Å². The van der Waals surface area contributed by atoms with Crippen LogP contribution < -0.4 is 10.6 Å². The second kappa shape index (κ2) is 18.1. The molecule has 7 aromatic rings. The smallest absolute Gasteiger partial charge is 0.407 e. The van der Waals surface area contributed by atoms with Crippen LogP contribution in [-0.2, 0) is 19.1 Å². The third kappa shape index (κ3) is 8.41. The number of hydrogen-bond donors (Lipinski definition) is 4. The summed E-state index contributed by atoms with van der Waals surface area (Å²) < 4.78 is 25.5. The Hall–Kier alpha value is -7.40. The van der Waals surface area contributed by atoms with Gasteiger partial charge in [-0.1, -0.05) is 48.5 Å². The molecule has 64 heavy (non-hydrogen) atoms. The summed E-state index contributed by atoms with van der Waals surface area (Å²) in [7, 11) is 2.52. The molecule has 6 heterocycles. The molecule has 4 atom stereocenters. The van der Waals surface area contributed by atoms with Crippen LogP contribution in [0.5, 0.6) is 0 Å². The Balaban J connectivity index is 0.890. The van der Waals surface area contributed by atoms with Crippen molar-refractivity contribution in [3.05, 3.63) is 137 Å². The number of carbonyl (C=O) groups excluding carboxylic acids is 4. The van der Waals surface area contributed by atoms with E-state index in [9.17, 15) is 19.2 Å². The summed E-state index contributed by atoms with van der Waals surface area (Å²) in [5.74, 6) is 0.256. The van der Waals surface area contributed by atoms with Gasteiger partial charge in [-0.05, 0) is 84.0 Å². The number of amides is 4. The Kier molecular flexibility index (Phi) is 11.9. The van der Waals surface area contributed by atoms with Gasteiger partial charge in [-0.3, -0.25) is 9.59 Å². The summed E-state index contributed by atoms with van der Waals surface area (Å²) >= 11 is 1.44. The summed E-state index contributed by atoms with van der Waals surface area (Å²) in [6.45, 7) is 1.01. The lowest BCUT2D eigenvalue weighted by Crippen LogP contribution is -2.42. The number of nitrogens with one attached hydrogen (secondary N) is 4. The molecule has 4 N–H and O–H groups in total. The van der Waals surface area contributed by atoms with E-state index in [1.807, 2.05) is 47.2 Å². The zero-order valence-electron chi connectivity index (χ0n) is 34.9. The van der Waals surface area contributed by atoms with Crippen molar-refractivity contribution >= 4 is 46.2 Å². The van der Waals surface area contributed by atoms with E-state index >= 15 is 4.39 Å². The van der Waals surface area contributed by atoms with E-state index in [-0.39, 0.29) is 23.9 Å². The van der Waals surface area contributed by atoms with Gasteiger partial charge in [0.1, 0.15) is 29.5 Å². The number of benzene rings is 3. The van der Waals surface area contributed by atoms with E-state index in [2.05, 4.69) is 30.6 Å². The molecule has 2 fully saturated rings. The average Bonchev–Trinajstić information content (AvgIpc) is 4.19. The number of likely N-dealkylation sites (tertiary alicyclic amines) is 2. The minimum atomic E-state index is -0.940. The topological polar surface area (TPSA) is 188 Å². The van der Waals surface area contributed by atoms with Crippen molar-refractivity contribution in [3.63, 3.8) is 0 Å². The zero-order valence-corrected chi connectivity index (χ0v) is 35.7. The highest BCUT2D eigenvalue weighted by Crippen LogP contribution is 2.37. The second-order valence-electron chi connectivity index (χ2n) is 15.6. The number of thiophene rings is 1. The van der Waals surface area contributed by atoms with Crippen molar-refractivity contribution < 1.29 is 33.0 Å². The summed E-state index contributed by atoms with van der Waals surface area (Å²) in [5, 5.41) is 9.91. The van der Waals surface area contributed by atoms with Gasteiger partial charge in [-0.2, -0.15) is 11.3 Å². The molecule has 3 aromatic carbocycles. The maximum absolute atomic E-state index is 15.9.